The molecule has 0 aromatic heterocycles. The monoisotopic (exact) mass is 286 g/mol. The average Bonchev–Trinajstić information content (AvgIpc) is 2.54. The lowest BCUT2D eigenvalue weighted by atomic mass is 9.98. The molecule has 1 aromatic rings. The molecule has 0 saturated carbocycles. The molecule has 4 heteroatoms. The lowest BCUT2D eigenvalue weighted by Crippen LogP contribution is -2.35. The molecule has 0 atom stereocenters. The van der Waals surface area contributed by atoms with Crippen LogP contribution in [0.4, 0.5) is 0 Å². The van der Waals surface area contributed by atoms with Gasteiger partial charge in [-0.05, 0) is 30.5 Å². The number of ether oxygens (including phenoxy) is 1. The largest absolute Gasteiger partial charge is 0.381 e. The molecule has 112 valence electrons. The minimum absolute atomic E-state index is 0.110. The maximum absolute atomic E-state index is 12.3. The fraction of sp³-hybridized carbons (Fsp3) is 0.471. The highest BCUT2D eigenvalue weighted by Crippen LogP contribution is 2.18. The minimum Gasteiger partial charge on any atom is -0.381 e. The first kappa shape index (κ1) is 15.6. The second-order valence-corrected chi connectivity index (χ2v) is 5.28. The summed E-state index contributed by atoms with van der Waals surface area (Å²) in [6.45, 7) is 2.38. The third-order valence-corrected chi connectivity index (χ3v) is 3.66. The Morgan fingerprint density at radius 1 is 1.33 bits per heavy atom. The summed E-state index contributed by atoms with van der Waals surface area (Å²) in [7, 11) is 1.86. The quantitative estimate of drug-likeness (QED) is 0.854. The molecule has 1 heterocycles. The Morgan fingerprint density at radius 3 is 2.62 bits per heavy atom. The van der Waals surface area contributed by atoms with Crippen molar-refractivity contribution in [3.63, 3.8) is 0 Å². The first-order chi connectivity index (χ1) is 10.2. The van der Waals surface area contributed by atoms with E-state index in [9.17, 15) is 4.79 Å². The van der Waals surface area contributed by atoms with Crippen LogP contribution in [0.3, 0.4) is 0 Å². The zero-order valence-electron chi connectivity index (χ0n) is 12.5. The van der Waals surface area contributed by atoms with Gasteiger partial charge < -0.3 is 15.4 Å². The highest BCUT2D eigenvalue weighted by atomic mass is 16.5. The number of hydrogen-bond acceptors (Lipinski definition) is 3. The Bertz CT molecular complexity index is 522. The fourth-order valence-electron chi connectivity index (χ4n) is 2.45. The van der Waals surface area contributed by atoms with Gasteiger partial charge in [-0.2, -0.15) is 0 Å². The van der Waals surface area contributed by atoms with Crippen LogP contribution in [0.2, 0.25) is 0 Å². The molecule has 0 unspecified atom stereocenters. The van der Waals surface area contributed by atoms with E-state index in [2.05, 4.69) is 11.8 Å². The van der Waals surface area contributed by atoms with Gasteiger partial charge in [0.2, 0.25) is 5.91 Å². The van der Waals surface area contributed by atoms with Crippen molar-refractivity contribution in [2.24, 2.45) is 11.7 Å². The van der Waals surface area contributed by atoms with Crippen LogP contribution in [0.15, 0.2) is 24.3 Å². The number of nitrogens with zero attached hydrogens (tertiary/aromatic N) is 1. The molecule has 0 aliphatic carbocycles. The summed E-state index contributed by atoms with van der Waals surface area (Å²) in [5.74, 6) is 6.14. The zero-order valence-corrected chi connectivity index (χ0v) is 12.5. The molecule has 1 fully saturated rings. The van der Waals surface area contributed by atoms with Gasteiger partial charge in [0.05, 0.1) is 6.54 Å². The van der Waals surface area contributed by atoms with Gasteiger partial charge in [-0.3, -0.25) is 4.79 Å². The second-order valence-electron chi connectivity index (χ2n) is 5.28. The first-order valence-electron chi connectivity index (χ1n) is 7.31. The molecule has 0 spiro atoms. The maximum Gasteiger partial charge on any atom is 0.225 e. The van der Waals surface area contributed by atoms with Crippen LogP contribution in [0.25, 0.3) is 0 Å². The van der Waals surface area contributed by atoms with E-state index >= 15 is 0 Å². The van der Waals surface area contributed by atoms with Gasteiger partial charge in [0.15, 0.2) is 0 Å². The highest BCUT2D eigenvalue weighted by Gasteiger charge is 2.24. The van der Waals surface area contributed by atoms with Crippen LogP contribution in [-0.4, -0.2) is 37.6 Å². The maximum atomic E-state index is 12.3. The van der Waals surface area contributed by atoms with Gasteiger partial charge in [-0.25, -0.2) is 0 Å². The molecular weight excluding hydrogens is 264 g/mol. The fourth-order valence-corrected chi connectivity index (χ4v) is 2.45. The minimum atomic E-state index is 0.110. The van der Waals surface area contributed by atoms with Crippen molar-refractivity contribution < 1.29 is 9.53 Å². The standard InChI is InChI=1S/C17H22N2O2/c1-19(17(20)16-8-11-21-12-9-16)13-15-6-4-14(5-7-15)3-2-10-18/h4-7,16H,8-13,18H2,1H3. The molecule has 2 N–H and O–H groups in total. The van der Waals surface area contributed by atoms with Crippen molar-refractivity contribution in [1.29, 1.82) is 0 Å². The third-order valence-electron chi connectivity index (χ3n) is 3.66. The number of benzene rings is 1. The molecule has 1 saturated heterocycles. The summed E-state index contributed by atoms with van der Waals surface area (Å²) in [5, 5.41) is 0. The van der Waals surface area contributed by atoms with Gasteiger partial charge in [-0.1, -0.05) is 24.0 Å². The van der Waals surface area contributed by atoms with Crippen LogP contribution in [0, 0.1) is 17.8 Å². The molecule has 0 bridgehead atoms. The first-order valence-corrected chi connectivity index (χ1v) is 7.31. The molecule has 1 amide bonds. The average molecular weight is 286 g/mol. The van der Waals surface area contributed by atoms with Crippen LogP contribution >= 0.6 is 0 Å². The molecule has 1 aliphatic rings. The van der Waals surface area contributed by atoms with Crippen molar-refractivity contribution in [2.45, 2.75) is 19.4 Å². The van der Waals surface area contributed by atoms with Crippen molar-refractivity contribution in [1.82, 2.24) is 4.90 Å². The van der Waals surface area contributed by atoms with Crippen molar-refractivity contribution in [2.75, 3.05) is 26.8 Å². The van der Waals surface area contributed by atoms with E-state index in [-0.39, 0.29) is 11.8 Å². The smallest absolute Gasteiger partial charge is 0.225 e. The summed E-state index contributed by atoms with van der Waals surface area (Å²) in [6.07, 6.45) is 1.66. The lowest BCUT2D eigenvalue weighted by molar-refractivity contribution is -0.137. The molecule has 4 nitrogen and oxygen atoms in total. The van der Waals surface area contributed by atoms with Gasteiger partial charge >= 0.3 is 0 Å². The van der Waals surface area contributed by atoms with E-state index in [0.717, 1.165) is 24.0 Å². The number of hydrogen-bond donors (Lipinski definition) is 1. The summed E-state index contributed by atoms with van der Waals surface area (Å²) >= 11 is 0. The summed E-state index contributed by atoms with van der Waals surface area (Å²) in [5.41, 5.74) is 7.40. The van der Waals surface area contributed by atoms with Crippen molar-refractivity contribution in [3.05, 3.63) is 35.4 Å². The molecule has 1 aliphatic heterocycles. The van der Waals surface area contributed by atoms with E-state index in [1.807, 2.05) is 31.3 Å². The Hall–Kier alpha value is -1.83. The second kappa shape index (κ2) is 7.82. The topological polar surface area (TPSA) is 55.6 Å². The van der Waals surface area contributed by atoms with Crippen LogP contribution in [0.1, 0.15) is 24.0 Å². The van der Waals surface area contributed by atoms with E-state index in [4.69, 9.17) is 10.5 Å². The SMILES string of the molecule is CN(Cc1ccc(C#CCN)cc1)C(=O)C1CCOCC1. The number of nitrogens with two attached hydrogens (primary N) is 1. The summed E-state index contributed by atoms with van der Waals surface area (Å²) < 4.78 is 5.30. The zero-order chi connectivity index (χ0) is 15.1. The van der Waals surface area contributed by atoms with Gasteiger partial charge in [0.1, 0.15) is 0 Å². The number of amides is 1. The summed E-state index contributed by atoms with van der Waals surface area (Å²) in [4.78, 5) is 14.1. The Labute approximate surface area is 126 Å². The molecule has 2 rings (SSSR count). The van der Waals surface area contributed by atoms with E-state index in [1.54, 1.807) is 4.90 Å². The van der Waals surface area contributed by atoms with Crippen molar-refractivity contribution in [3.8, 4) is 11.8 Å². The number of carbonyl (C=O) groups excluding carboxylic acids is 1. The predicted molar refractivity (Wildman–Crippen MR) is 82.4 cm³/mol. The Balaban J connectivity index is 1.92. The lowest BCUT2D eigenvalue weighted by Gasteiger charge is -2.26. The van der Waals surface area contributed by atoms with Crippen LogP contribution in [-0.2, 0) is 16.1 Å². The van der Waals surface area contributed by atoms with E-state index in [0.29, 0.717) is 26.3 Å². The molecule has 21 heavy (non-hydrogen) atoms. The summed E-state index contributed by atoms with van der Waals surface area (Å²) in [6, 6.07) is 7.94. The molecule has 0 radical (unpaired) electrons. The van der Waals surface area contributed by atoms with Crippen LogP contribution < -0.4 is 5.73 Å². The van der Waals surface area contributed by atoms with Crippen molar-refractivity contribution >= 4 is 5.91 Å². The molecular formula is C17H22N2O2. The predicted octanol–water partition coefficient (Wildman–Crippen LogP) is 1.38. The van der Waals surface area contributed by atoms with E-state index < -0.39 is 0 Å². The Kier molecular flexibility index (Phi) is 5.79. The van der Waals surface area contributed by atoms with Gasteiger partial charge in [0.25, 0.3) is 0 Å². The number of carbonyl (C=O) groups is 1. The Morgan fingerprint density at radius 2 is 2.00 bits per heavy atom. The van der Waals surface area contributed by atoms with Gasteiger partial charge in [-0.15, -0.1) is 0 Å². The van der Waals surface area contributed by atoms with Crippen LogP contribution in [0.5, 0.6) is 0 Å². The molecule has 1 aromatic carbocycles. The third kappa shape index (κ3) is 4.59. The number of rotatable bonds is 3. The van der Waals surface area contributed by atoms with E-state index in [1.165, 1.54) is 0 Å². The highest BCUT2D eigenvalue weighted by molar-refractivity contribution is 5.78. The normalized spacial score (nSPS) is 15.1. The van der Waals surface area contributed by atoms with Gasteiger partial charge in [0, 0.05) is 38.3 Å².